The predicted octanol–water partition coefficient (Wildman–Crippen LogP) is 3.15. The van der Waals surface area contributed by atoms with E-state index in [1.165, 1.54) is 4.90 Å². The van der Waals surface area contributed by atoms with Gasteiger partial charge in [0.1, 0.15) is 0 Å². The van der Waals surface area contributed by atoms with Crippen molar-refractivity contribution in [2.75, 3.05) is 6.54 Å². The number of hydrogen-bond donors (Lipinski definition) is 2. The van der Waals surface area contributed by atoms with E-state index < -0.39 is 17.7 Å². The zero-order valence-electron chi connectivity index (χ0n) is 10.7. The number of nitrogens with zero attached hydrogens (tertiary/aromatic N) is 1. The molecule has 0 fully saturated rings. The van der Waals surface area contributed by atoms with Gasteiger partial charge in [0.2, 0.25) is 0 Å². The van der Waals surface area contributed by atoms with Crippen LogP contribution in [0.1, 0.15) is 32.4 Å². The van der Waals surface area contributed by atoms with E-state index in [1.807, 2.05) is 0 Å². The second-order valence-corrected chi connectivity index (χ2v) is 5.57. The maximum atomic E-state index is 11.2. The van der Waals surface area contributed by atoms with Crippen LogP contribution in [0, 0.1) is 0 Å². The Morgan fingerprint density at radius 1 is 1.33 bits per heavy atom. The number of amides is 1. The van der Waals surface area contributed by atoms with Crippen LogP contribution in [0.25, 0.3) is 0 Å². The van der Waals surface area contributed by atoms with E-state index in [1.54, 1.807) is 45.0 Å². The number of β-amino-alcohol motifs (C(OH)–C–C–N with tert-alkyl or cyclic N) is 1. The van der Waals surface area contributed by atoms with E-state index in [4.69, 9.17) is 16.7 Å². The highest BCUT2D eigenvalue weighted by molar-refractivity contribution is 6.30. The number of aliphatic hydroxyl groups excluding tert-OH is 1. The largest absolute Gasteiger partial charge is 0.465 e. The van der Waals surface area contributed by atoms with Gasteiger partial charge in [-0.15, -0.1) is 0 Å². The second-order valence-electron chi connectivity index (χ2n) is 5.13. The van der Waals surface area contributed by atoms with E-state index in [2.05, 4.69) is 0 Å². The zero-order valence-corrected chi connectivity index (χ0v) is 11.5. The molecule has 1 amide bonds. The standard InChI is InChI=1S/C13H18ClNO3/c1-13(2,3)15(12(17)18)8-11(16)9-4-6-10(14)7-5-9/h4-7,11,16H,8H2,1-3H3,(H,17,18). The Morgan fingerprint density at radius 3 is 2.22 bits per heavy atom. The van der Waals surface area contributed by atoms with Crippen LogP contribution in [-0.4, -0.2) is 33.3 Å². The van der Waals surface area contributed by atoms with Crippen molar-refractivity contribution in [1.82, 2.24) is 4.90 Å². The number of hydrogen-bond acceptors (Lipinski definition) is 2. The van der Waals surface area contributed by atoms with Gasteiger partial charge in [0, 0.05) is 10.6 Å². The molecule has 0 bridgehead atoms. The number of aliphatic hydroxyl groups is 1. The van der Waals surface area contributed by atoms with Gasteiger partial charge in [0.05, 0.1) is 12.6 Å². The molecule has 0 saturated heterocycles. The minimum Gasteiger partial charge on any atom is -0.465 e. The Balaban J connectivity index is 2.82. The summed E-state index contributed by atoms with van der Waals surface area (Å²) < 4.78 is 0. The van der Waals surface area contributed by atoms with Crippen molar-refractivity contribution in [3.05, 3.63) is 34.9 Å². The molecule has 1 aromatic carbocycles. The third-order valence-electron chi connectivity index (χ3n) is 2.65. The van der Waals surface area contributed by atoms with E-state index in [0.29, 0.717) is 10.6 Å². The van der Waals surface area contributed by atoms with Crippen molar-refractivity contribution < 1.29 is 15.0 Å². The molecular formula is C13H18ClNO3. The summed E-state index contributed by atoms with van der Waals surface area (Å²) in [6.07, 6.45) is -1.91. The first-order valence-corrected chi connectivity index (χ1v) is 6.03. The molecule has 0 aliphatic rings. The quantitative estimate of drug-likeness (QED) is 0.888. The van der Waals surface area contributed by atoms with Crippen molar-refractivity contribution in [3.63, 3.8) is 0 Å². The summed E-state index contributed by atoms with van der Waals surface area (Å²) >= 11 is 5.76. The summed E-state index contributed by atoms with van der Waals surface area (Å²) in [4.78, 5) is 12.4. The normalized spacial score (nSPS) is 13.2. The Bertz CT molecular complexity index is 411. The van der Waals surface area contributed by atoms with Crippen LogP contribution < -0.4 is 0 Å². The Morgan fingerprint density at radius 2 is 1.83 bits per heavy atom. The molecule has 18 heavy (non-hydrogen) atoms. The number of carboxylic acid groups (broad SMARTS) is 1. The van der Waals surface area contributed by atoms with Crippen LogP contribution in [-0.2, 0) is 0 Å². The van der Waals surface area contributed by atoms with Crippen molar-refractivity contribution >= 4 is 17.7 Å². The van der Waals surface area contributed by atoms with Gasteiger partial charge in [-0.25, -0.2) is 4.79 Å². The number of carbonyl (C=O) groups is 1. The molecule has 0 aliphatic heterocycles. The zero-order chi connectivity index (χ0) is 13.9. The summed E-state index contributed by atoms with van der Waals surface area (Å²) in [5.74, 6) is 0. The third-order valence-corrected chi connectivity index (χ3v) is 2.90. The van der Waals surface area contributed by atoms with Crippen LogP contribution >= 0.6 is 11.6 Å². The van der Waals surface area contributed by atoms with Crippen LogP contribution in [0.5, 0.6) is 0 Å². The number of rotatable bonds is 3. The maximum Gasteiger partial charge on any atom is 0.407 e. The van der Waals surface area contributed by atoms with Crippen LogP contribution in [0.3, 0.4) is 0 Å². The highest BCUT2D eigenvalue weighted by Crippen LogP contribution is 2.21. The first-order valence-electron chi connectivity index (χ1n) is 5.66. The fourth-order valence-corrected chi connectivity index (χ4v) is 1.73. The van der Waals surface area contributed by atoms with E-state index in [-0.39, 0.29) is 6.54 Å². The highest BCUT2D eigenvalue weighted by Gasteiger charge is 2.28. The Labute approximate surface area is 112 Å². The minimum atomic E-state index is -1.05. The van der Waals surface area contributed by atoms with Gasteiger partial charge in [-0.3, -0.25) is 0 Å². The number of halogens is 1. The summed E-state index contributed by atoms with van der Waals surface area (Å²) in [6.45, 7) is 5.39. The van der Waals surface area contributed by atoms with E-state index in [0.717, 1.165) is 0 Å². The highest BCUT2D eigenvalue weighted by atomic mass is 35.5. The fraction of sp³-hybridized carbons (Fsp3) is 0.462. The van der Waals surface area contributed by atoms with Crippen molar-refractivity contribution in [1.29, 1.82) is 0 Å². The molecule has 0 aromatic heterocycles. The fourth-order valence-electron chi connectivity index (χ4n) is 1.60. The summed E-state index contributed by atoms with van der Waals surface area (Å²) in [6, 6.07) is 6.72. The first kappa shape index (κ1) is 14.8. The molecule has 1 atom stereocenters. The predicted molar refractivity (Wildman–Crippen MR) is 70.9 cm³/mol. The summed E-state index contributed by atoms with van der Waals surface area (Å²) in [5, 5.41) is 19.8. The van der Waals surface area contributed by atoms with Crippen LogP contribution in [0.15, 0.2) is 24.3 Å². The molecule has 0 aliphatic carbocycles. The van der Waals surface area contributed by atoms with Gasteiger partial charge >= 0.3 is 6.09 Å². The van der Waals surface area contributed by atoms with Crippen LogP contribution in [0.2, 0.25) is 5.02 Å². The maximum absolute atomic E-state index is 11.2. The van der Waals surface area contributed by atoms with Gasteiger partial charge in [-0.2, -0.15) is 0 Å². The molecule has 5 heteroatoms. The van der Waals surface area contributed by atoms with Gasteiger partial charge < -0.3 is 15.1 Å². The molecular weight excluding hydrogens is 254 g/mol. The summed E-state index contributed by atoms with van der Waals surface area (Å²) in [7, 11) is 0. The van der Waals surface area contributed by atoms with Crippen molar-refractivity contribution in [2.24, 2.45) is 0 Å². The van der Waals surface area contributed by atoms with Crippen molar-refractivity contribution in [2.45, 2.75) is 32.4 Å². The average molecular weight is 272 g/mol. The molecule has 100 valence electrons. The topological polar surface area (TPSA) is 60.8 Å². The molecule has 4 nitrogen and oxygen atoms in total. The smallest absolute Gasteiger partial charge is 0.407 e. The SMILES string of the molecule is CC(C)(C)N(CC(O)c1ccc(Cl)cc1)C(=O)O. The van der Waals surface area contributed by atoms with Crippen molar-refractivity contribution in [3.8, 4) is 0 Å². The molecule has 0 saturated carbocycles. The van der Waals surface area contributed by atoms with Gasteiger partial charge in [-0.05, 0) is 38.5 Å². The Hall–Kier alpha value is -1.26. The van der Waals surface area contributed by atoms with Gasteiger partial charge in [-0.1, -0.05) is 23.7 Å². The monoisotopic (exact) mass is 271 g/mol. The Kier molecular flexibility index (Phi) is 4.59. The molecule has 2 N–H and O–H groups in total. The minimum absolute atomic E-state index is 0.0282. The summed E-state index contributed by atoms with van der Waals surface area (Å²) in [5.41, 5.74) is 0.0917. The lowest BCUT2D eigenvalue weighted by molar-refractivity contribution is 0.0556. The molecule has 0 spiro atoms. The van der Waals surface area contributed by atoms with Crippen LogP contribution in [0.4, 0.5) is 4.79 Å². The molecule has 1 rings (SSSR count). The van der Waals surface area contributed by atoms with Gasteiger partial charge in [0.25, 0.3) is 0 Å². The lowest BCUT2D eigenvalue weighted by Crippen LogP contribution is -2.46. The molecule has 1 unspecified atom stereocenters. The lowest BCUT2D eigenvalue weighted by Gasteiger charge is -2.34. The number of benzene rings is 1. The second kappa shape index (κ2) is 5.59. The van der Waals surface area contributed by atoms with E-state index >= 15 is 0 Å². The third kappa shape index (κ3) is 3.89. The average Bonchev–Trinajstić information content (AvgIpc) is 2.24. The van der Waals surface area contributed by atoms with E-state index in [9.17, 15) is 9.90 Å². The lowest BCUT2D eigenvalue weighted by atomic mass is 10.0. The molecule has 0 heterocycles. The first-order chi connectivity index (χ1) is 8.21. The van der Waals surface area contributed by atoms with Gasteiger partial charge in [0.15, 0.2) is 0 Å². The molecule has 1 aromatic rings. The molecule has 0 radical (unpaired) electrons.